The second kappa shape index (κ2) is 8.25. The van der Waals surface area contributed by atoms with E-state index in [1.54, 1.807) is 0 Å². The molecule has 2 aliphatic rings. The normalized spacial score (nSPS) is 21.9. The molecule has 0 spiro atoms. The van der Waals surface area contributed by atoms with Crippen LogP contribution in [-0.2, 0) is 0 Å². The summed E-state index contributed by atoms with van der Waals surface area (Å²) in [5, 5.41) is 14.4. The summed E-state index contributed by atoms with van der Waals surface area (Å²) >= 11 is 0. The summed E-state index contributed by atoms with van der Waals surface area (Å²) in [6.07, 6.45) is 11.5. The minimum atomic E-state index is 0.156. The molecule has 2 fully saturated rings. The van der Waals surface area contributed by atoms with Crippen LogP contribution >= 0.6 is 0 Å². The van der Waals surface area contributed by atoms with Crippen molar-refractivity contribution in [1.82, 2.24) is 0 Å². The second-order valence-corrected chi connectivity index (χ2v) is 4.62. The molecule has 0 aromatic rings. The van der Waals surface area contributed by atoms with Gasteiger partial charge in [0, 0.05) is 0 Å². The fourth-order valence-electron chi connectivity index (χ4n) is 2.25. The van der Waals surface area contributed by atoms with Crippen molar-refractivity contribution in [3.63, 3.8) is 0 Å². The topological polar surface area (TPSA) is 62.0 Å². The molecule has 0 bridgehead atoms. The molecule has 16 heavy (non-hydrogen) atoms. The monoisotopic (exact) mass is 226 g/mol. The predicted molar refractivity (Wildman–Crippen MR) is 65.0 cm³/mol. The van der Waals surface area contributed by atoms with E-state index >= 15 is 0 Å². The van der Waals surface area contributed by atoms with E-state index in [4.69, 9.17) is 5.21 Å². The largest absolute Gasteiger partial charge is 0.411 e. The van der Waals surface area contributed by atoms with Crippen LogP contribution in [0.1, 0.15) is 64.2 Å². The molecule has 0 aromatic heterocycles. The van der Waals surface area contributed by atoms with Gasteiger partial charge in [-0.05, 0) is 38.5 Å². The third kappa shape index (κ3) is 5.24. The van der Waals surface area contributed by atoms with Gasteiger partial charge in [0.1, 0.15) is 0 Å². The molecule has 0 saturated heterocycles. The molecule has 0 aromatic carbocycles. The van der Waals surface area contributed by atoms with Crippen molar-refractivity contribution in [2.75, 3.05) is 0 Å². The summed E-state index contributed by atoms with van der Waals surface area (Å²) in [6, 6.07) is 0.156. The first-order chi connectivity index (χ1) is 7.86. The SMILES string of the molecule is O=NC1CCCCC1.ON=C1CCCCC1. The molecule has 4 nitrogen and oxygen atoms in total. The van der Waals surface area contributed by atoms with Crippen LogP contribution in [0.5, 0.6) is 0 Å². The molecule has 0 radical (unpaired) electrons. The minimum absolute atomic E-state index is 0.156. The summed E-state index contributed by atoms with van der Waals surface area (Å²) in [7, 11) is 0. The van der Waals surface area contributed by atoms with Crippen LogP contribution < -0.4 is 0 Å². The molecular formula is C12H22N2O2. The van der Waals surface area contributed by atoms with Crippen molar-refractivity contribution in [1.29, 1.82) is 0 Å². The zero-order chi connectivity index (χ0) is 11.6. The molecule has 92 valence electrons. The number of hydrogen-bond acceptors (Lipinski definition) is 4. The average molecular weight is 226 g/mol. The van der Waals surface area contributed by atoms with E-state index in [-0.39, 0.29) is 6.04 Å². The number of nitroso groups, excluding NO2 is 1. The van der Waals surface area contributed by atoms with E-state index in [0.29, 0.717) is 0 Å². The molecule has 2 aliphatic carbocycles. The average Bonchev–Trinajstić information content (AvgIpc) is 2.41. The van der Waals surface area contributed by atoms with Gasteiger partial charge in [0.2, 0.25) is 0 Å². The summed E-state index contributed by atoms with van der Waals surface area (Å²) in [5.41, 5.74) is 0.983. The van der Waals surface area contributed by atoms with Crippen LogP contribution in [0.25, 0.3) is 0 Å². The predicted octanol–water partition coefficient (Wildman–Crippen LogP) is 3.87. The molecule has 0 atom stereocenters. The highest BCUT2D eigenvalue weighted by Gasteiger charge is 2.11. The van der Waals surface area contributed by atoms with E-state index in [1.165, 1.54) is 38.5 Å². The van der Waals surface area contributed by atoms with Gasteiger partial charge in [-0.25, -0.2) is 0 Å². The first kappa shape index (κ1) is 13.1. The summed E-state index contributed by atoms with van der Waals surface area (Å²) in [6.45, 7) is 0. The highest BCUT2D eigenvalue weighted by molar-refractivity contribution is 5.84. The van der Waals surface area contributed by atoms with Crippen LogP contribution in [0, 0.1) is 4.91 Å². The van der Waals surface area contributed by atoms with Gasteiger partial charge in [-0.15, -0.1) is 0 Å². The van der Waals surface area contributed by atoms with Gasteiger partial charge < -0.3 is 5.21 Å². The maximum Gasteiger partial charge on any atom is 0.0919 e. The Kier molecular flexibility index (Phi) is 6.77. The van der Waals surface area contributed by atoms with E-state index < -0.39 is 0 Å². The Balaban J connectivity index is 0.000000160. The Morgan fingerprint density at radius 2 is 1.50 bits per heavy atom. The summed E-state index contributed by atoms with van der Waals surface area (Å²) < 4.78 is 0. The van der Waals surface area contributed by atoms with Crippen LogP contribution in [0.3, 0.4) is 0 Å². The van der Waals surface area contributed by atoms with Gasteiger partial charge in [-0.3, -0.25) is 0 Å². The molecule has 0 unspecified atom stereocenters. The van der Waals surface area contributed by atoms with Crippen molar-refractivity contribution in [2.45, 2.75) is 70.3 Å². The van der Waals surface area contributed by atoms with Crippen molar-refractivity contribution >= 4 is 5.71 Å². The van der Waals surface area contributed by atoms with E-state index in [2.05, 4.69) is 10.3 Å². The lowest BCUT2D eigenvalue weighted by Gasteiger charge is -2.13. The molecular weight excluding hydrogens is 204 g/mol. The lowest BCUT2D eigenvalue weighted by Crippen LogP contribution is -2.07. The lowest BCUT2D eigenvalue weighted by molar-refractivity contribution is 0.314. The highest BCUT2D eigenvalue weighted by Crippen LogP contribution is 2.19. The van der Waals surface area contributed by atoms with Crippen molar-refractivity contribution in [2.24, 2.45) is 10.3 Å². The van der Waals surface area contributed by atoms with E-state index in [0.717, 1.165) is 31.4 Å². The molecule has 4 heteroatoms. The third-order valence-corrected chi connectivity index (χ3v) is 3.30. The number of hydrogen-bond donors (Lipinski definition) is 1. The molecule has 2 saturated carbocycles. The van der Waals surface area contributed by atoms with Gasteiger partial charge in [-0.1, -0.05) is 36.0 Å². The quantitative estimate of drug-likeness (QED) is 0.419. The minimum Gasteiger partial charge on any atom is -0.411 e. The Hall–Kier alpha value is -0.930. The van der Waals surface area contributed by atoms with Gasteiger partial charge >= 0.3 is 0 Å². The number of nitrogens with zero attached hydrogens (tertiary/aromatic N) is 2. The van der Waals surface area contributed by atoms with Crippen LogP contribution in [0.4, 0.5) is 0 Å². The smallest absolute Gasteiger partial charge is 0.0919 e. The van der Waals surface area contributed by atoms with Gasteiger partial charge in [0.25, 0.3) is 0 Å². The molecule has 0 aliphatic heterocycles. The lowest BCUT2D eigenvalue weighted by atomic mass is 9.96. The van der Waals surface area contributed by atoms with Gasteiger partial charge in [0.15, 0.2) is 0 Å². The van der Waals surface area contributed by atoms with Crippen LogP contribution in [0.15, 0.2) is 10.3 Å². The van der Waals surface area contributed by atoms with Crippen LogP contribution in [-0.4, -0.2) is 17.0 Å². The zero-order valence-electron chi connectivity index (χ0n) is 9.90. The standard InChI is InChI=1S/2C6H11NO/c2*8-7-6-4-2-1-3-5-6/h8H,1-5H2;6H,1-5H2. The maximum atomic E-state index is 9.91. The van der Waals surface area contributed by atoms with Gasteiger partial charge in [0.05, 0.1) is 11.8 Å². The first-order valence-electron chi connectivity index (χ1n) is 6.39. The third-order valence-electron chi connectivity index (χ3n) is 3.30. The van der Waals surface area contributed by atoms with Crippen LogP contribution in [0.2, 0.25) is 0 Å². The number of rotatable bonds is 1. The van der Waals surface area contributed by atoms with Crippen molar-refractivity contribution in [3.8, 4) is 0 Å². The summed E-state index contributed by atoms with van der Waals surface area (Å²) in [5.74, 6) is 0. The van der Waals surface area contributed by atoms with Gasteiger partial charge in [-0.2, -0.15) is 4.91 Å². The first-order valence-corrected chi connectivity index (χ1v) is 6.39. The Bertz CT molecular complexity index is 215. The Morgan fingerprint density at radius 3 is 1.88 bits per heavy atom. The fraction of sp³-hybridized carbons (Fsp3) is 0.917. The molecule has 0 heterocycles. The molecule has 2 rings (SSSR count). The van der Waals surface area contributed by atoms with Crippen molar-refractivity contribution in [3.05, 3.63) is 4.91 Å². The molecule has 0 amide bonds. The number of oxime groups is 1. The van der Waals surface area contributed by atoms with E-state index in [1.807, 2.05) is 0 Å². The summed E-state index contributed by atoms with van der Waals surface area (Å²) in [4.78, 5) is 9.91. The zero-order valence-corrected chi connectivity index (χ0v) is 9.90. The van der Waals surface area contributed by atoms with Crippen molar-refractivity contribution < 1.29 is 5.21 Å². The maximum absolute atomic E-state index is 9.91. The van der Waals surface area contributed by atoms with E-state index in [9.17, 15) is 4.91 Å². The molecule has 1 N–H and O–H groups in total. The Morgan fingerprint density at radius 1 is 0.938 bits per heavy atom. The fourth-order valence-corrected chi connectivity index (χ4v) is 2.25. The highest BCUT2D eigenvalue weighted by atomic mass is 16.4. The second-order valence-electron chi connectivity index (χ2n) is 4.62. The Labute approximate surface area is 97.1 Å².